The molecule has 1 atom stereocenters. The normalized spacial score (nSPS) is 16.6. The van der Waals surface area contributed by atoms with Gasteiger partial charge in [-0.25, -0.2) is 26.7 Å². The van der Waals surface area contributed by atoms with Crippen molar-refractivity contribution in [2.75, 3.05) is 0 Å². The molecule has 0 spiro atoms. The van der Waals surface area contributed by atoms with Crippen LogP contribution in [0.5, 0.6) is 0 Å². The van der Waals surface area contributed by atoms with Crippen molar-refractivity contribution in [3.05, 3.63) is 59.7 Å². The molecule has 6 nitrogen and oxygen atoms in total. The number of sulfonamides is 2. The average Bonchev–Trinajstić information content (AvgIpc) is 3.38. The Bertz CT molecular complexity index is 962. The van der Waals surface area contributed by atoms with E-state index in [2.05, 4.69) is 4.72 Å². The summed E-state index contributed by atoms with van der Waals surface area (Å²) in [6.45, 7) is 1.98. The molecule has 1 aliphatic carbocycles. The lowest BCUT2D eigenvalue weighted by molar-refractivity contribution is 0.529. The van der Waals surface area contributed by atoms with Gasteiger partial charge in [0, 0.05) is 6.04 Å². The fraction of sp³-hybridized carbons (Fsp3) is 0.294. The Morgan fingerprint density at radius 1 is 0.920 bits per heavy atom. The Hall–Kier alpha value is -1.74. The van der Waals surface area contributed by atoms with E-state index in [1.54, 1.807) is 0 Å². The van der Waals surface area contributed by atoms with Crippen molar-refractivity contribution in [1.29, 1.82) is 0 Å². The summed E-state index contributed by atoms with van der Waals surface area (Å²) in [5, 5.41) is 5.04. The van der Waals surface area contributed by atoms with Crippen LogP contribution in [-0.2, 0) is 20.0 Å². The van der Waals surface area contributed by atoms with Crippen LogP contribution in [0, 0.1) is 12.8 Å². The summed E-state index contributed by atoms with van der Waals surface area (Å²) in [7, 11) is -7.62. The molecule has 3 rings (SSSR count). The first-order chi connectivity index (χ1) is 11.7. The van der Waals surface area contributed by atoms with Gasteiger partial charge in [0.15, 0.2) is 0 Å². The SMILES string of the molecule is Cc1ccc([C@@H](NS(=O)(=O)c2ccc(S(N)(=O)=O)cc2)C2CC2)cc1. The third-order valence-corrected chi connectivity index (χ3v) is 6.66. The highest BCUT2D eigenvalue weighted by Gasteiger charge is 2.35. The van der Waals surface area contributed by atoms with Crippen molar-refractivity contribution in [3.8, 4) is 0 Å². The first-order valence-electron chi connectivity index (χ1n) is 7.88. The number of aryl methyl sites for hydroxylation is 1. The molecule has 0 aliphatic heterocycles. The molecule has 0 heterocycles. The molecule has 0 aromatic heterocycles. The molecular weight excluding hydrogens is 360 g/mol. The summed E-state index contributed by atoms with van der Waals surface area (Å²) >= 11 is 0. The molecule has 2 aromatic carbocycles. The minimum Gasteiger partial charge on any atom is -0.225 e. The highest BCUT2D eigenvalue weighted by atomic mass is 32.2. The summed E-state index contributed by atoms with van der Waals surface area (Å²) in [6.07, 6.45) is 1.96. The highest BCUT2D eigenvalue weighted by molar-refractivity contribution is 7.89. The van der Waals surface area contributed by atoms with Crippen LogP contribution in [0.1, 0.15) is 30.0 Å². The lowest BCUT2D eigenvalue weighted by atomic mass is 10.0. The van der Waals surface area contributed by atoms with Gasteiger partial charge in [0.2, 0.25) is 20.0 Å². The van der Waals surface area contributed by atoms with E-state index in [1.165, 1.54) is 24.3 Å². The van der Waals surface area contributed by atoms with E-state index in [9.17, 15) is 16.8 Å². The molecule has 3 N–H and O–H groups in total. The molecule has 0 saturated heterocycles. The maximum Gasteiger partial charge on any atom is 0.241 e. The summed E-state index contributed by atoms with van der Waals surface area (Å²) in [5.74, 6) is 0.279. The fourth-order valence-electron chi connectivity index (χ4n) is 2.68. The molecule has 0 radical (unpaired) electrons. The second-order valence-corrected chi connectivity index (χ2v) is 9.64. The molecule has 0 bridgehead atoms. The zero-order valence-corrected chi connectivity index (χ0v) is 15.3. The largest absolute Gasteiger partial charge is 0.241 e. The van der Waals surface area contributed by atoms with E-state index in [0.29, 0.717) is 0 Å². The third-order valence-electron chi connectivity index (χ3n) is 4.27. The predicted molar refractivity (Wildman–Crippen MR) is 94.8 cm³/mol. The lowest BCUT2D eigenvalue weighted by Gasteiger charge is -2.19. The van der Waals surface area contributed by atoms with Gasteiger partial charge in [-0.3, -0.25) is 0 Å². The highest BCUT2D eigenvalue weighted by Crippen LogP contribution is 2.41. The van der Waals surface area contributed by atoms with Gasteiger partial charge < -0.3 is 0 Å². The Morgan fingerprint density at radius 2 is 1.44 bits per heavy atom. The van der Waals surface area contributed by atoms with E-state index in [4.69, 9.17) is 5.14 Å². The number of rotatable bonds is 6. The number of benzene rings is 2. The van der Waals surface area contributed by atoms with Crippen LogP contribution in [0.3, 0.4) is 0 Å². The molecular formula is C17H20N2O4S2. The lowest BCUT2D eigenvalue weighted by Crippen LogP contribution is -2.30. The maximum absolute atomic E-state index is 12.7. The van der Waals surface area contributed by atoms with Gasteiger partial charge in [0.05, 0.1) is 9.79 Å². The van der Waals surface area contributed by atoms with Crippen LogP contribution in [0.4, 0.5) is 0 Å². The number of nitrogens with one attached hydrogen (secondary N) is 1. The zero-order chi connectivity index (χ0) is 18.2. The average molecular weight is 380 g/mol. The van der Waals surface area contributed by atoms with Crippen LogP contribution in [0.2, 0.25) is 0 Å². The molecule has 0 amide bonds. The summed E-state index contributed by atoms with van der Waals surface area (Å²) in [6, 6.07) is 12.4. The number of nitrogens with two attached hydrogens (primary N) is 1. The van der Waals surface area contributed by atoms with Crippen molar-refractivity contribution < 1.29 is 16.8 Å². The van der Waals surface area contributed by atoms with Gasteiger partial charge in [0.1, 0.15) is 0 Å². The monoisotopic (exact) mass is 380 g/mol. The van der Waals surface area contributed by atoms with Crippen LogP contribution in [0.25, 0.3) is 0 Å². The van der Waals surface area contributed by atoms with E-state index in [-0.39, 0.29) is 21.8 Å². The van der Waals surface area contributed by atoms with Gasteiger partial charge in [-0.2, -0.15) is 0 Å². The van der Waals surface area contributed by atoms with E-state index in [1.807, 2.05) is 31.2 Å². The van der Waals surface area contributed by atoms with E-state index in [0.717, 1.165) is 24.0 Å². The van der Waals surface area contributed by atoms with Crippen LogP contribution in [0.15, 0.2) is 58.3 Å². The van der Waals surface area contributed by atoms with Crippen LogP contribution >= 0.6 is 0 Å². The van der Waals surface area contributed by atoms with Crippen molar-refractivity contribution >= 4 is 20.0 Å². The molecule has 2 aromatic rings. The van der Waals surface area contributed by atoms with Crippen molar-refractivity contribution in [2.24, 2.45) is 11.1 Å². The Labute approximate surface area is 148 Å². The first kappa shape index (κ1) is 18.1. The van der Waals surface area contributed by atoms with Crippen molar-refractivity contribution in [3.63, 3.8) is 0 Å². The quantitative estimate of drug-likeness (QED) is 0.800. The fourth-order valence-corrected chi connectivity index (χ4v) is 4.49. The molecule has 8 heteroatoms. The summed E-state index contributed by atoms with van der Waals surface area (Å²) in [5.41, 5.74) is 2.04. The predicted octanol–water partition coefficient (Wildman–Crippen LogP) is 2.07. The minimum absolute atomic E-state index is 0.0117. The molecule has 0 unspecified atom stereocenters. The van der Waals surface area contributed by atoms with Gasteiger partial charge in [-0.1, -0.05) is 29.8 Å². The third kappa shape index (κ3) is 4.27. The summed E-state index contributed by atoms with van der Waals surface area (Å²) < 4.78 is 50.7. The Kier molecular flexibility index (Phi) is 4.72. The second kappa shape index (κ2) is 6.53. The van der Waals surface area contributed by atoms with E-state index >= 15 is 0 Å². The number of primary sulfonamides is 1. The van der Waals surface area contributed by atoms with Crippen LogP contribution < -0.4 is 9.86 Å². The second-order valence-electron chi connectivity index (χ2n) is 6.36. The topological polar surface area (TPSA) is 106 Å². The van der Waals surface area contributed by atoms with E-state index < -0.39 is 20.0 Å². The van der Waals surface area contributed by atoms with Crippen LogP contribution in [-0.4, -0.2) is 16.8 Å². The molecule has 1 saturated carbocycles. The first-order valence-corrected chi connectivity index (χ1v) is 10.9. The number of hydrogen-bond donors (Lipinski definition) is 2. The molecule has 1 fully saturated rings. The van der Waals surface area contributed by atoms with Gasteiger partial charge >= 0.3 is 0 Å². The Morgan fingerprint density at radius 3 is 1.92 bits per heavy atom. The Balaban J connectivity index is 1.87. The number of hydrogen-bond acceptors (Lipinski definition) is 4. The summed E-state index contributed by atoms with van der Waals surface area (Å²) in [4.78, 5) is -0.110. The zero-order valence-electron chi connectivity index (χ0n) is 13.7. The molecule has 134 valence electrons. The maximum atomic E-state index is 12.7. The van der Waals surface area contributed by atoms with Crippen molar-refractivity contribution in [2.45, 2.75) is 35.6 Å². The van der Waals surface area contributed by atoms with Gasteiger partial charge in [-0.05, 0) is 55.5 Å². The van der Waals surface area contributed by atoms with Gasteiger partial charge in [0.25, 0.3) is 0 Å². The molecule has 25 heavy (non-hydrogen) atoms. The minimum atomic E-state index is -3.85. The smallest absolute Gasteiger partial charge is 0.225 e. The van der Waals surface area contributed by atoms with Crippen molar-refractivity contribution in [1.82, 2.24) is 4.72 Å². The molecule has 1 aliphatic rings. The van der Waals surface area contributed by atoms with Gasteiger partial charge in [-0.15, -0.1) is 0 Å². The standard InChI is InChI=1S/C17H20N2O4S2/c1-12-2-4-13(5-3-12)17(14-6-7-14)19-25(22,23)16-10-8-15(9-11-16)24(18,20)21/h2-5,8-11,14,17,19H,6-7H2,1H3,(H2,18,20,21)/t17-/m1/s1.